The zero-order valence-electron chi connectivity index (χ0n) is 19.8. The summed E-state index contributed by atoms with van der Waals surface area (Å²) in [6.45, 7) is 2.10. The highest BCUT2D eigenvalue weighted by Gasteiger charge is 2.41. The molecular weight excluding hydrogens is 434 g/mol. The summed E-state index contributed by atoms with van der Waals surface area (Å²) in [6, 6.07) is 29.1. The lowest BCUT2D eigenvalue weighted by Crippen LogP contribution is -2.44. The van der Waals surface area contributed by atoms with Crippen LogP contribution in [0.25, 0.3) is 22.1 Å². The summed E-state index contributed by atoms with van der Waals surface area (Å²) in [4.78, 5) is 0. The Morgan fingerprint density at radius 1 is 0.714 bits per heavy atom. The van der Waals surface area contributed by atoms with Gasteiger partial charge >= 0.3 is 0 Å². The van der Waals surface area contributed by atoms with Gasteiger partial charge in [0.1, 0.15) is 18.1 Å². The number of nitrogens with zero attached hydrogens (tertiary/aromatic N) is 7. The second kappa shape index (κ2) is 8.43. The molecular formula is C28H26N7+. The van der Waals surface area contributed by atoms with Crippen molar-refractivity contribution in [3.05, 3.63) is 114 Å². The topological polar surface area (TPSA) is 65.3 Å². The maximum atomic E-state index is 4.73. The Balaban J connectivity index is 1.65. The first kappa shape index (κ1) is 21.2. The number of pyridine rings is 1. The highest BCUT2D eigenvalue weighted by Crippen LogP contribution is 2.37. The summed E-state index contributed by atoms with van der Waals surface area (Å²) < 4.78 is 6.10. The number of benzene rings is 3. The van der Waals surface area contributed by atoms with Gasteiger partial charge in [-0.3, -0.25) is 0 Å². The predicted molar refractivity (Wildman–Crippen MR) is 135 cm³/mol. The highest BCUT2D eigenvalue weighted by atomic mass is 15.6. The molecule has 3 aromatic carbocycles. The van der Waals surface area contributed by atoms with Crippen molar-refractivity contribution in [1.82, 2.24) is 30.0 Å². The van der Waals surface area contributed by atoms with Crippen LogP contribution in [-0.4, -0.2) is 30.0 Å². The van der Waals surface area contributed by atoms with Crippen molar-refractivity contribution in [1.29, 1.82) is 0 Å². The molecule has 3 aromatic heterocycles. The third-order valence-electron chi connectivity index (χ3n) is 6.73. The van der Waals surface area contributed by atoms with Crippen molar-refractivity contribution in [3.8, 4) is 0 Å². The Kier molecular flexibility index (Phi) is 5.10. The fraction of sp³-hybridized carbons (Fsp3) is 0.179. The standard InChI is InChI=1S/C28H26N7/c1-21-11-13-23(14-12-21)28(18-15-22-16-19-33(2)20-17-22,34-26-9-5-3-7-24(26)29-31-34)35-27-10-6-4-8-25(27)30-32-35/h3-14,16-17,19-20H,15,18H2,1-2H3/q+1. The first-order valence-electron chi connectivity index (χ1n) is 11.8. The van der Waals surface area contributed by atoms with Crippen LogP contribution in [0.2, 0.25) is 0 Å². The molecule has 0 spiro atoms. The summed E-state index contributed by atoms with van der Waals surface area (Å²) >= 11 is 0. The third kappa shape index (κ3) is 3.56. The molecule has 0 fully saturated rings. The van der Waals surface area contributed by atoms with Gasteiger partial charge < -0.3 is 0 Å². The van der Waals surface area contributed by atoms with E-state index in [4.69, 9.17) is 10.4 Å². The number of fused-ring (bicyclic) bond motifs is 2. The largest absolute Gasteiger partial charge is 0.213 e. The van der Waals surface area contributed by atoms with Gasteiger partial charge in [-0.15, -0.1) is 10.2 Å². The minimum Gasteiger partial charge on any atom is -0.213 e. The van der Waals surface area contributed by atoms with E-state index in [9.17, 15) is 0 Å². The molecule has 0 aliphatic carbocycles. The van der Waals surface area contributed by atoms with Crippen molar-refractivity contribution >= 4 is 22.1 Å². The third-order valence-corrected chi connectivity index (χ3v) is 6.73. The summed E-state index contributed by atoms with van der Waals surface area (Å²) in [5.74, 6) is 0. The average Bonchev–Trinajstić information content (AvgIpc) is 3.52. The van der Waals surface area contributed by atoms with Crippen molar-refractivity contribution in [2.45, 2.75) is 25.4 Å². The molecule has 7 nitrogen and oxygen atoms in total. The minimum atomic E-state index is -0.780. The van der Waals surface area contributed by atoms with Crippen LogP contribution in [0.3, 0.4) is 0 Å². The van der Waals surface area contributed by atoms with Gasteiger partial charge in [0.2, 0.25) is 0 Å². The molecule has 3 heterocycles. The molecule has 6 rings (SSSR count). The monoisotopic (exact) mass is 460 g/mol. The fourth-order valence-electron chi connectivity index (χ4n) is 4.81. The van der Waals surface area contributed by atoms with Crippen LogP contribution >= 0.6 is 0 Å². The number of aromatic nitrogens is 7. The fourth-order valence-corrected chi connectivity index (χ4v) is 4.81. The lowest BCUT2D eigenvalue weighted by Gasteiger charge is -2.35. The van der Waals surface area contributed by atoms with Gasteiger partial charge in [0.15, 0.2) is 18.1 Å². The smallest absolute Gasteiger partial charge is 0.184 e. The lowest BCUT2D eigenvalue weighted by atomic mass is 9.91. The molecule has 0 saturated heterocycles. The Morgan fingerprint density at radius 2 is 1.26 bits per heavy atom. The number of hydrogen-bond donors (Lipinski definition) is 0. The number of aryl methyl sites for hydroxylation is 3. The molecule has 35 heavy (non-hydrogen) atoms. The van der Waals surface area contributed by atoms with E-state index in [-0.39, 0.29) is 0 Å². The Bertz CT molecular complexity index is 1540. The number of hydrogen-bond acceptors (Lipinski definition) is 4. The number of rotatable bonds is 6. The van der Waals surface area contributed by atoms with Crippen molar-refractivity contribution in [2.24, 2.45) is 7.05 Å². The van der Waals surface area contributed by atoms with E-state index >= 15 is 0 Å². The lowest BCUT2D eigenvalue weighted by molar-refractivity contribution is -0.671. The normalized spacial score (nSPS) is 11.9. The van der Waals surface area contributed by atoms with E-state index in [0.29, 0.717) is 6.42 Å². The van der Waals surface area contributed by atoms with Gasteiger partial charge in [-0.1, -0.05) is 64.5 Å². The molecule has 0 radical (unpaired) electrons. The molecule has 0 unspecified atom stereocenters. The molecule has 0 atom stereocenters. The van der Waals surface area contributed by atoms with Gasteiger partial charge in [0, 0.05) is 24.1 Å². The van der Waals surface area contributed by atoms with Gasteiger partial charge in [-0.05, 0) is 43.2 Å². The number of para-hydroxylation sites is 2. The first-order valence-corrected chi connectivity index (χ1v) is 11.8. The summed E-state index contributed by atoms with van der Waals surface area (Å²) in [5.41, 5.74) is 6.34. The zero-order chi connectivity index (χ0) is 23.8. The molecule has 7 heteroatoms. The van der Waals surface area contributed by atoms with E-state index in [2.05, 4.69) is 78.0 Å². The molecule has 0 aliphatic heterocycles. The Labute approximate surface area is 203 Å². The van der Waals surface area contributed by atoms with Crippen molar-refractivity contribution in [3.63, 3.8) is 0 Å². The van der Waals surface area contributed by atoms with E-state index in [1.54, 1.807) is 0 Å². The van der Waals surface area contributed by atoms with Crippen LogP contribution in [0.15, 0.2) is 97.3 Å². The first-order chi connectivity index (χ1) is 17.1. The highest BCUT2D eigenvalue weighted by molar-refractivity contribution is 5.76. The Morgan fingerprint density at radius 3 is 1.83 bits per heavy atom. The maximum absolute atomic E-state index is 4.73. The van der Waals surface area contributed by atoms with Crippen molar-refractivity contribution in [2.75, 3.05) is 0 Å². The molecule has 172 valence electrons. The Hall–Kier alpha value is -4.39. The van der Waals surface area contributed by atoms with Gasteiger partial charge in [0.25, 0.3) is 0 Å². The van der Waals surface area contributed by atoms with E-state index in [1.807, 2.05) is 57.4 Å². The molecule has 0 amide bonds. The van der Waals surface area contributed by atoms with Gasteiger partial charge in [-0.2, -0.15) is 0 Å². The average molecular weight is 461 g/mol. The molecule has 0 bridgehead atoms. The summed E-state index contributed by atoms with van der Waals surface area (Å²) in [5, 5.41) is 18.5. The minimum absolute atomic E-state index is 0.713. The van der Waals surface area contributed by atoms with Crippen LogP contribution in [0, 0.1) is 6.92 Å². The van der Waals surface area contributed by atoms with Crippen LogP contribution < -0.4 is 4.57 Å². The van der Waals surface area contributed by atoms with E-state index < -0.39 is 5.66 Å². The second-order valence-corrected chi connectivity index (χ2v) is 9.03. The van der Waals surface area contributed by atoms with Gasteiger partial charge in [0.05, 0.1) is 11.0 Å². The molecule has 0 aliphatic rings. The van der Waals surface area contributed by atoms with Crippen LogP contribution in [0.1, 0.15) is 23.1 Å². The summed E-state index contributed by atoms with van der Waals surface area (Å²) in [7, 11) is 2.03. The maximum Gasteiger partial charge on any atom is 0.184 e. The van der Waals surface area contributed by atoms with Gasteiger partial charge in [-0.25, -0.2) is 13.9 Å². The molecule has 0 saturated carbocycles. The van der Waals surface area contributed by atoms with Crippen LogP contribution in [-0.2, 0) is 19.1 Å². The predicted octanol–water partition coefficient (Wildman–Crippen LogP) is 4.19. The van der Waals surface area contributed by atoms with E-state index in [1.165, 1.54) is 11.1 Å². The van der Waals surface area contributed by atoms with Crippen molar-refractivity contribution < 1.29 is 4.57 Å². The molecule has 6 aromatic rings. The van der Waals surface area contributed by atoms with Crippen LogP contribution in [0.5, 0.6) is 0 Å². The van der Waals surface area contributed by atoms with Crippen LogP contribution in [0.4, 0.5) is 0 Å². The SMILES string of the molecule is Cc1ccc(C(CCc2cc[n+](C)cc2)(n2nnc3ccccc32)n2nnc3ccccc32)cc1. The van der Waals surface area contributed by atoms with E-state index in [0.717, 1.165) is 34.1 Å². The summed E-state index contributed by atoms with van der Waals surface area (Å²) in [6.07, 6.45) is 5.69. The zero-order valence-corrected chi connectivity index (χ0v) is 19.8. The second-order valence-electron chi connectivity index (χ2n) is 9.03. The molecule has 0 N–H and O–H groups in total. The quantitative estimate of drug-likeness (QED) is 0.350.